The van der Waals surface area contributed by atoms with E-state index in [9.17, 15) is 9.59 Å². The predicted molar refractivity (Wildman–Crippen MR) is 112 cm³/mol. The molecule has 28 heavy (non-hydrogen) atoms. The predicted octanol–water partition coefficient (Wildman–Crippen LogP) is 4.09. The molecule has 0 bridgehead atoms. The zero-order valence-electron chi connectivity index (χ0n) is 14.8. The van der Waals surface area contributed by atoms with Gasteiger partial charge in [-0.2, -0.15) is 0 Å². The van der Waals surface area contributed by atoms with Gasteiger partial charge in [0.05, 0.1) is 13.1 Å². The van der Waals surface area contributed by atoms with E-state index >= 15 is 0 Å². The number of hydrogen-bond donors (Lipinski definition) is 1. The van der Waals surface area contributed by atoms with Gasteiger partial charge in [0.15, 0.2) is 0 Å². The van der Waals surface area contributed by atoms with Gasteiger partial charge in [-0.1, -0.05) is 29.8 Å². The van der Waals surface area contributed by atoms with Crippen molar-refractivity contribution in [1.82, 2.24) is 14.9 Å². The zero-order valence-corrected chi connectivity index (χ0v) is 16.3. The van der Waals surface area contributed by atoms with Gasteiger partial charge in [0, 0.05) is 21.5 Å². The van der Waals surface area contributed by atoms with E-state index in [0.29, 0.717) is 23.8 Å². The lowest BCUT2D eigenvalue weighted by molar-refractivity contribution is 0.0949. The number of halogens is 1. The summed E-state index contributed by atoms with van der Waals surface area (Å²) in [5.41, 5.74) is 1.17. The molecule has 140 valence electrons. The second-order valence-corrected chi connectivity index (χ2v) is 7.72. The molecule has 1 N–H and O–H groups in total. The molecule has 3 heterocycles. The second-order valence-electron chi connectivity index (χ2n) is 6.25. The fourth-order valence-corrected chi connectivity index (χ4v) is 3.73. The summed E-state index contributed by atoms with van der Waals surface area (Å²) >= 11 is 7.51. The summed E-state index contributed by atoms with van der Waals surface area (Å²) in [6, 6.07) is 16.3. The first-order chi connectivity index (χ1) is 13.6. The molecule has 4 rings (SSSR count). The van der Waals surface area contributed by atoms with Gasteiger partial charge in [-0.15, -0.1) is 11.3 Å². The highest BCUT2D eigenvalue weighted by Gasteiger charge is 2.16. The Hall–Kier alpha value is -2.96. The quantitative estimate of drug-likeness (QED) is 0.540. The van der Waals surface area contributed by atoms with Crippen LogP contribution in [0, 0.1) is 0 Å². The van der Waals surface area contributed by atoms with Gasteiger partial charge >= 0.3 is 0 Å². The number of pyridine rings is 2. The number of aromatic nitrogens is 2. The fourth-order valence-electron chi connectivity index (χ4n) is 2.96. The van der Waals surface area contributed by atoms with E-state index in [1.165, 1.54) is 4.57 Å². The highest BCUT2D eigenvalue weighted by molar-refractivity contribution is 7.09. The molecule has 3 aromatic heterocycles. The monoisotopic (exact) mass is 409 g/mol. The highest BCUT2D eigenvalue weighted by atomic mass is 35.5. The summed E-state index contributed by atoms with van der Waals surface area (Å²) in [6.45, 7) is 0.688. The second kappa shape index (κ2) is 7.96. The standard InChI is InChI=1S/C21H16ClN3O2S/c22-16-7-5-14(6-8-16)13-25-19-15(3-1-9-23-19)11-18(21(25)27)20(26)24-12-17-4-2-10-28-17/h1-11H,12-13H2,(H,24,26). The van der Waals surface area contributed by atoms with Crippen molar-refractivity contribution in [1.29, 1.82) is 0 Å². The number of rotatable bonds is 5. The third kappa shape index (κ3) is 3.83. The van der Waals surface area contributed by atoms with Crippen LogP contribution in [0.3, 0.4) is 0 Å². The van der Waals surface area contributed by atoms with Crippen LogP contribution in [0.5, 0.6) is 0 Å². The van der Waals surface area contributed by atoms with E-state index in [1.54, 1.807) is 41.8 Å². The lowest BCUT2D eigenvalue weighted by atomic mass is 10.1. The first-order valence-electron chi connectivity index (χ1n) is 8.65. The summed E-state index contributed by atoms with van der Waals surface area (Å²) in [4.78, 5) is 31.2. The van der Waals surface area contributed by atoms with Gasteiger partial charge < -0.3 is 5.32 Å². The van der Waals surface area contributed by atoms with E-state index in [4.69, 9.17) is 11.6 Å². The van der Waals surface area contributed by atoms with Crippen LogP contribution in [0.2, 0.25) is 5.02 Å². The summed E-state index contributed by atoms with van der Waals surface area (Å²) < 4.78 is 1.53. The minimum Gasteiger partial charge on any atom is -0.347 e. The van der Waals surface area contributed by atoms with E-state index in [1.807, 2.05) is 35.7 Å². The van der Waals surface area contributed by atoms with Crippen LogP contribution < -0.4 is 10.9 Å². The van der Waals surface area contributed by atoms with Gasteiger partial charge in [0.25, 0.3) is 11.5 Å². The van der Waals surface area contributed by atoms with Crippen molar-refractivity contribution >= 4 is 39.9 Å². The maximum atomic E-state index is 13.1. The lowest BCUT2D eigenvalue weighted by Crippen LogP contribution is -2.33. The van der Waals surface area contributed by atoms with Crippen molar-refractivity contribution in [2.45, 2.75) is 13.1 Å². The largest absolute Gasteiger partial charge is 0.347 e. The molecule has 0 saturated heterocycles. The van der Waals surface area contributed by atoms with Crippen LogP contribution in [0.4, 0.5) is 0 Å². The first kappa shape index (κ1) is 18.4. The van der Waals surface area contributed by atoms with Crippen LogP contribution in [0.15, 0.2) is 71.0 Å². The molecule has 0 aliphatic carbocycles. The summed E-state index contributed by atoms with van der Waals surface area (Å²) in [5.74, 6) is -0.394. The molecule has 0 spiro atoms. The molecule has 1 amide bonds. The van der Waals surface area contributed by atoms with Crippen LogP contribution in [0.1, 0.15) is 20.8 Å². The summed E-state index contributed by atoms with van der Waals surface area (Å²) in [7, 11) is 0. The van der Waals surface area contributed by atoms with Crippen molar-refractivity contribution in [3.8, 4) is 0 Å². The van der Waals surface area contributed by atoms with Crippen LogP contribution >= 0.6 is 22.9 Å². The Morgan fingerprint density at radius 1 is 1.14 bits per heavy atom. The molecule has 0 radical (unpaired) electrons. The molecule has 0 saturated carbocycles. The number of nitrogens with one attached hydrogen (secondary N) is 1. The molecule has 1 aromatic carbocycles. The first-order valence-corrected chi connectivity index (χ1v) is 9.91. The Labute approximate surface area is 170 Å². The van der Waals surface area contributed by atoms with Crippen molar-refractivity contribution in [3.05, 3.63) is 97.6 Å². The molecule has 0 unspecified atom stereocenters. The minimum atomic E-state index is -0.394. The highest BCUT2D eigenvalue weighted by Crippen LogP contribution is 2.15. The average Bonchev–Trinajstić information content (AvgIpc) is 3.23. The van der Waals surface area contributed by atoms with E-state index < -0.39 is 5.91 Å². The molecule has 4 aromatic rings. The van der Waals surface area contributed by atoms with Crippen LogP contribution in [-0.4, -0.2) is 15.5 Å². The minimum absolute atomic E-state index is 0.103. The molecule has 0 atom stereocenters. The number of benzene rings is 1. The number of fused-ring (bicyclic) bond motifs is 1. The number of hydrogen-bond acceptors (Lipinski definition) is 4. The van der Waals surface area contributed by atoms with Crippen molar-refractivity contribution < 1.29 is 4.79 Å². The van der Waals surface area contributed by atoms with Gasteiger partial charge in [0.1, 0.15) is 11.2 Å². The molecule has 5 nitrogen and oxygen atoms in total. The van der Waals surface area contributed by atoms with Crippen molar-refractivity contribution in [3.63, 3.8) is 0 Å². The third-order valence-corrected chi connectivity index (χ3v) is 5.48. The van der Waals surface area contributed by atoms with Crippen molar-refractivity contribution in [2.75, 3.05) is 0 Å². The number of carbonyl (C=O) groups is 1. The molecule has 0 aliphatic heterocycles. The Balaban J connectivity index is 1.73. The number of nitrogens with zero attached hydrogens (tertiary/aromatic N) is 2. The van der Waals surface area contributed by atoms with Crippen molar-refractivity contribution in [2.24, 2.45) is 0 Å². The average molecular weight is 410 g/mol. The van der Waals surface area contributed by atoms with Gasteiger partial charge in [0.2, 0.25) is 0 Å². The SMILES string of the molecule is O=C(NCc1cccs1)c1cc2cccnc2n(Cc2ccc(Cl)cc2)c1=O. The molecule has 7 heteroatoms. The van der Waals surface area contributed by atoms with Gasteiger partial charge in [-0.05, 0) is 47.3 Å². The van der Waals surface area contributed by atoms with E-state index in [2.05, 4.69) is 10.3 Å². The molecule has 0 fully saturated rings. The number of thiophene rings is 1. The van der Waals surface area contributed by atoms with Crippen LogP contribution in [0.25, 0.3) is 11.0 Å². The van der Waals surface area contributed by atoms with E-state index in [-0.39, 0.29) is 11.1 Å². The number of amides is 1. The number of carbonyl (C=O) groups excluding carboxylic acids is 1. The Morgan fingerprint density at radius 2 is 1.96 bits per heavy atom. The lowest BCUT2D eigenvalue weighted by Gasteiger charge is -2.12. The Bertz CT molecular complexity index is 1180. The molecule has 0 aliphatic rings. The topological polar surface area (TPSA) is 64.0 Å². The summed E-state index contributed by atoms with van der Waals surface area (Å²) in [5, 5.41) is 6.13. The van der Waals surface area contributed by atoms with Gasteiger partial charge in [-0.25, -0.2) is 4.98 Å². The smallest absolute Gasteiger partial charge is 0.265 e. The normalized spacial score (nSPS) is 10.9. The fraction of sp³-hybridized carbons (Fsp3) is 0.0952. The molecular weight excluding hydrogens is 394 g/mol. The van der Waals surface area contributed by atoms with Crippen LogP contribution in [-0.2, 0) is 13.1 Å². The third-order valence-electron chi connectivity index (χ3n) is 4.35. The zero-order chi connectivity index (χ0) is 19.5. The maximum absolute atomic E-state index is 13.1. The van der Waals surface area contributed by atoms with Gasteiger partial charge in [-0.3, -0.25) is 14.2 Å². The Morgan fingerprint density at radius 3 is 2.71 bits per heavy atom. The molecular formula is C21H16ClN3O2S. The summed E-state index contributed by atoms with van der Waals surface area (Å²) in [6.07, 6.45) is 1.64. The Kier molecular flexibility index (Phi) is 5.23. The van der Waals surface area contributed by atoms with E-state index in [0.717, 1.165) is 15.8 Å². The maximum Gasteiger partial charge on any atom is 0.265 e.